The van der Waals surface area contributed by atoms with Crippen molar-refractivity contribution in [1.82, 2.24) is 10.2 Å². The van der Waals surface area contributed by atoms with Gasteiger partial charge >= 0.3 is 0 Å². The highest BCUT2D eigenvalue weighted by Crippen LogP contribution is 2.29. The molecule has 0 aromatic heterocycles. The second-order valence-electron chi connectivity index (χ2n) is 7.50. The third-order valence-corrected chi connectivity index (χ3v) is 5.42. The Labute approximate surface area is 163 Å². The number of carbonyl (C=O) groups excluding carboxylic acids is 2. The first kappa shape index (κ1) is 18.3. The lowest BCUT2D eigenvalue weighted by Gasteiger charge is -2.37. The van der Waals surface area contributed by atoms with E-state index in [1.165, 1.54) is 12.1 Å². The van der Waals surface area contributed by atoms with Gasteiger partial charge in [-0.2, -0.15) is 0 Å². The number of halogens is 1. The monoisotopic (exact) mass is 379 g/mol. The molecule has 0 bridgehead atoms. The molecule has 0 atom stereocenters. The molecule has 4 rings (SSSR count). The molecule has 5 nitrogen and oxygen atoms in total. The fraction of sp³-hybridized carbons (Fsp3) is 0.318. The molecule has 0 radical (unpaired) electrons. The van der Waals surface area contributed by atoms with Gasteiger partial charge in [0.2, 0.25) is 5.91 Å². The summed E-state index contributed by atoms with van der Waals surface area (Å²) in [5.41, 5.74) is 2.58. The van der Waals surface area contributed by atoms with Crippen LogP contribution in [0.3, 0.4) is 0 Å². The summed E-state index contributed by atoms with van der Waals surface area (Å²) in [5.74, 6) is -0.459. The fourth-order valence-electron chi connectivity index (χ4n) is 3.72. The van der Waals surface area contributed by atoms with Crippen molar-refractivity contribution in [2.24, 2.45) is 4.99 Å². The van der Waals surface area contributed by atoms with Crippen LogP contribution < -0.4 is 5.32 Å². The van der Waals surface area contributed by atoms with Gasteiger partial charge in [-0.3, -0.25) is 14.6 Å². The first-order valence-electron chi connectivity index (χ1n) is 9.46. The van der Waals surface area contributed by atoms with Crippen molar-refractivity contribution >= 4 is 17.5 Å². The molecule has 0 aliphatic carbocycles. The summed E-state index contributed by atoms with van der Waals surface area (Å²) < 4.78 is 13.0. The average Bonchev–Trinajstić information content (AvgIpc) is 3.00. The van der Waals surface area contributed by atoms with Crippen molar-refractivity contribution in [2.45, 2.75) is 31.8 Å². The molecule has 6 heteroatoms. The quantitative estimate of drug-likeness (QED) is 0.891. The second kappa shape index (κ2) is 7.19. The van der Waals surface area contributed by atoms with E-state index in [0.29, 0.717) is 31.6 Å². The topological polar surface area (TPSA) is 61.8 Å². The molecule has 1 N–H and O–H groups in total. The third kappa shape index (κ3) is 3.67. The Morgan fingerprint density at radius 2 is 1.75 bits per heavy atom. The summed E-state index contributed by atoms with van der Waals surface area (Å²) in [6.07, 6.45) is 1.42. The standard InChI is InChI=1S/C22H22FN3O2/c1-15-2-6-17(7-3-15)20-21(28)25-22(24-20)10-12-26(13-11-22)19(27)14-16-4-8-18(23)9-5-16/h2-9H,10-14H2,1H3,(H,25,28). The van der Waals surface area contributed by atoms with Crippen molar-refractivity contribution in [1.29, 1.82) is 0 Å². The van der Waals surface area contributed by atoms with Gasteiger partial charge in [0.25, 0.3) is 5.91 Å². The summed E-state index contributed by atoms with van der Waals surface area (Å²) in [5, 5.41) is 3.03. The van der Waals surface area contributed by atoms with Gasteiger partial charge in [0.05, 0.1) is 6.42 Å². The van der Waals surface area contributed by atoms with Crippen molar-refractivity contribution < 1.29 is 14.0 Å². The summed E-state index contributed by atoms with van der Waals surface area (Å²) >= 11 is 0. The van der Waals surface area contributed by atoms with E-state index < -0.39 is 5.66 Å². The Balaban J connectivity index is 1.41. The van der Waals surface area contributed by atoms with Crippen LogP contribution in [0.1, 0.15) is 29.5 Å². The normalized spacial score (nSPS) is 18.1. The predicted molar refractivity (Wildman–Crippen MR) is 105 cm³/mol. The van der Waals surface area contributed by atoms with E-state index in [0.717, 1.165) is 16.7 Å². The van der Waals surface area contributed by atoms with Crippen molar-refractivity contribution in [3.63, 3.8) is 0 Å². The van der Waals surface area contributed by atoms with Crippen LogP contribution in [-0.2, 0) is 16.0 Å². The fourth-order valence-corrected chi connectivity index (χ4v) is 3.72. The van der Waals surface area contributed by atoms with Crippen LogP contribution in [0.5, 0.6) is 0 Å². The van der Waals surface area contributed by atoms with Gasteiger partial charge in [0, 0.05) is 31.5 Å². The predicted octanol–water partition coefficient (Wildman–Crippen LogP) is 2.61. The number of benzene rings is 2. The van der Waals surface area contributed by atoms with Gasteiger partial charge in [0.15, 0.2) is 0 Å². The highest BCUT2D eigenvalue weighted by atomic mass is 19.1. The second-order valence-corrected chi connectivity index (χ2v) is 7.50. The van der Waals surface area contributed by atoms with Gasteiger partial charge in [-0.1, -0.05) is 42.0 Å². The molecule has 1 spiro atoms. The molecule has 28 heavy (non-hydrogen) atoms. The van der Waals surface area contributed by atoms with Crippen LogP contribution in [-0.4, -0.2) is 41.2 Å². The molecule has 0 unspecified atom stereocenters. The molecule has 1 saturated heterocycles. The van der Waals surface area contributed by atoms with E-state index in [2.05, 4.69) is 5.32 Å². The summed E-state index contributed by atoms with van der Waals surface area (Å²) in [6.45, 7) is 3.07. The molecule has 144 valence electrons. The van der Waals surface area contributed by atoms with Crippen LogP contribution in [0.15, 0.2) is 53.5 Å². The van der Waals surface area contributed by atoms with Crippen molar-refractivity contribution in [2.75, 3.05) is 13.1 Å². The molecule has 2 aromatic carbocycles. The van der Waals surface area contributed by atoms with Gasteiger partial charge in [-0.05, 0) is 24.6 Å². The maximum absolute atomic E-state index is 13.0. The number of aliphatic imine (C=N–C) groups is 1. The summed E-state index contributed by atoms with van der Waals surface area (Å²) in [4.78, 5) is 31.5. The number of nitrogens with one attached hydrogen (secondary N) is 1. The minimum atomic E-state index is -0.621. The van der Waals surface area contributed by atoms with Gasteiger partial charge in [-0.15, -0.1) is 0 Å². The number of rotatable bonds is 3. The van der Waals surface area contributed by atoms with Crippen molar-refractivity contribution in [3.8, 4) is 0 Å². The lowest BCUT2D eigenvalue weighted by molar-refractivity contribution is -0.132. The maximum atomic E-state index is 13.0. The van der Waals surface area contributed by atoms with E-state index in [1.807, 2.05) is 31.2 Å². The molecular formula is C22H22FN3O2. The van der Waals surface area contributed by atoms with E-state index in [9.17, 15) is 14.0 Å². The average molecular weight is 379 g/mol. The number of nitrogens with zero attached hydrogens (tertiary/aromatic N) is 2. The van der Waals surface area contributed by atoms with Gasteiger partial charge in [-0.25, -0.2) is 4.39 Å². The van der Waals surface area contributed by atoms with Gasteiger partial charge < -0.3 is 10.2 Å². The maximum Gasteiger partial charge on any atom is 0.272 e. The Kier molecular flexibility index (Phi) is 4.71. The number of amides is 2. The SMILES string of the molecule is Cc1ccc(C2=NC3(CCN(C(=O)Cc4ccc(F)cc4)CC3)NC2=O)cc1. The molecule has 2 aliphatic heterocycles. The van der Waals surface area contributed by atoms with E-state index in [4.69, 9.17) is 4.99 Å². The number of aryl methyl sites for hydroxylation is 1. The summed E-state index contributed by atoms with van der Waals surface area (Å²) in [7, 11) is 0. The smallest absolute Gasteiger partial charge is 0.272 e. The van der Waals surface area contributed by atoms with Gasteiger partial charge in [0.1, 0.15) is 17.2 Å². The zero-order valence-electron chi connectivity index (χ0n) is 15.7. The molecular weight excluding hydrogens is 357 g/mol. The highest BCUT2D eigenvalue weighted by Gasteiger charge is 2.42. The van der Waals surface area contributed by atoms with E-state index >= 15 is 0 Å². The van der Waals surface area contributed by atoms with Crippen LogP contribution in [0.25, 0.3) is 0 Å². The van der Waals surface area contributed by atoms with Crippen LogP contribution in [0, 0.1) is 12.7 Å². The molecule has 2 aromatic rings. The number of carbonyl (C=O) groups is 2. The first-order valence-corrected chi connectivity index (χ1v) is 9.46. The van der Waals surface area contributed by atoms with Crippen LogP contribution >= 0.6 is 0 Å². The molecule has 1 fully saturated rings. The van der Waals surface area contributed by atoms with E-state index in [1.54, 1.807) is 17.0 Å². The zero-order valence-corrected chi connectivity index (χ0v) is 15.7. The third-order valence-electron chi connectivity index (χ3n) is 5.42. The lowest BCUT2D eigenvalue weighted by atomic mass is 9.97. The number of likely N-dealkylation sites (tertiary alicyclic amines) is 1. The number of hydrogen-bond acceptors (Lipinski definition) is 3. The Morgan fingerprint density at radius 1 is 1.11 bits per heavy atom. The minimum absolute atomic E-state index is 0.00789. The van der Waals surface area contributed by atoms with Crippen molar-refractivity contribution in [3.05, 3.63) is 71.0 Å². The Morgan fingerprint density at radius 3 is 2.39 bits per heavy atom. The lowest BCUT2D eigenvalue weighted by Crippen LogP contribution is -2.52. The van der Waals surface area contributed by atoms with Crippen LogP contribution in [0.2, 0.25) is 0 Å². The highest BCUT2D eigenvalue weighted by molar-refractivity contribution is 6.46. The largest absolute Gasteiger partial charge is 0.342 e. The first-order chi connectivity index (χ1) is 13.4. The molecule has 2 heterocycles. The zero-order chi connectivity index (χ0) is 19.7. The molecule has 2 aliphatic rings. The van der Waals surface area contributed by atoms with Crippen LogP contribution in [0.4, 0.5) is 4.39 Å². The Bertz CT molecular complexity index is 927. The molecule has 0 saturated carbocycles. The minimum Gasteiger partial charge on any atom is -0.342 e. The summed E-state index contributed by atoms with van der Waals surface area (Å²) in [6, 6.07) is 13.7. The van der Waals surface area contributed by atoms with E-state index in [-0.39, 0.29) is 24.1 Å². The number of piperidine rings is 1. The molecule has 2 amide bonds. The Hall–Kier alpha value is -3.02. The number of hydrogen-bond donors (Lipinski definition) is 1.